The van der Waals surface area contributed by atoms with Crippen LogP contribution in [0.2, 0.25) is 0 Å². The van der Waals surface area contributed by atoms with Crippen LogP contribution >= 0.6 is 0 Å². The second-order valence-electron chi connectivity index (χ2n) is 8.31. The molecule has 0 unspecified atom stereocenters. The zero-order valence-corrected chi connectivity index (χ0v) is 17.8. The minimum absolute atomic E-state index is 0.145. The fourth-order valence-corrected chi connectivity index (χ4v) is 3.64. The van der Waals surface area contributed by atoms with Crippen molar-refractivity contribution in [3.05, 3.63) is 59.3 Å². The van der Waals surface area contributed by atoms with E-state index in [-0.39, 0.29) is 11.9 Å². The number of fused-ring (bicyclic) bond motifs is 1. The summed E-state index contributed by atoms with van der Waals surface area (Å²) in [5.74, 6) is 1.47. The molecule has 2 aromatic rings. The summed E-state index contributed by atoms with van der Waals surface area (Å²) in [5, 5.41) is 5.63. The minimum Gasteiger partial charge on any atom is -0.477 e. The van der Waals surface area contributed by atoms with E-state index in [1.165, 1.54) is 24.0 Å². The lowest BCUT2D eigenvalue weighted by molar-refractivity contribution is -0.132. The number of hydrogen-bond acceptors (Lipinski definition) is 4. The molecule has 164 valence electrons. The van der Waals surface area contributed by atoms with Crippen LogP contribution in [0.1, 0.15) is 42.4 Å². The van der Waals surface area contributed by atoms with Gasteiger partial charge in [-0.15, -0.1) is 0 Å². The Balaban J connectivity index is 1.09. The summed E-state index contributed by atoms with van der Waals surface area (Å²) in [6, 6.07) is 11.8. The van der Waals surface area contributed by atoms with Gasteiger partial charge in [-0.1, -0.05) is 30.3 Å². The van der Waals surface area contributed by atoms with Crippen molar-refractivity contribution in [2.75, 3.05) is 19.7 Å². The van der Waals surface area contributed by atoms with Gasteiger partial charge >= 0.3 is 6.03 Å². The maximum absolute atomic E-state index is 12.5. The smallest absolute Gasteiger partial charge is 0.315 e. The normalized spacial score (nSPS) is 15.2. The Morgan fingerprint density at radius 2 is 1.94 bits per heavy atom. The number of hydrogen-bond donors (Lipinski definition) is 2. The zero-order valence-electron chi connectivity index (χ0n) is 17.8. The number of ether oxygens (including phenoxy) is 1. The average molecular weight is 423 g/mol. The summed E-state index contributed by atoms with van der Waals surface area (Å²) in [4.78, 5) is 30.6. The molecule has 0 spiro atoms. The van der Waals surface area contributed by atoms with Crippen LogP contribution in [-0.2, 0) is 24.3 Å². The number of urea groups is 1. The van der Waals surface area contributed by atoms with E-state index in [0.717, 1.165) is 25.1 Å². The Kier molecular flexibility index (Phi) is 7.02. The lowest BCUT2D eigenvalue weighted by Gasteiger charge is -2.29. The molecule has 4 rings (SSSR count). The van der Waals surface area contributed by atoms with Gasteiger partial charge in [-0.3, -0.25) is 4.79 Å². The molecule has 3 amide bonds. The van der Waals surface area contributed by atoms with E-state index in [2.05, 4.69) is 27.8 Å². The van der Waals surface area contributed by atoms with Crippen molar-refractivity contribution in [2.45, 2.75) is 45.2 Å². The van der Waals surface area contributed by atoms with Crippen molar-refractivity contribution in [3.8, 4) is 5.88 Å². The largest absolute Gasteiger partial charge is 0.477 e. The van der Waals surface area contributed by atoms with E-state index in [9.17, 15) is 9.59 Å². The predicted molar refractivity (Wildman–Crippen MR) is 117 cm³/mol. The standard InChI is InChI=1S/C24H30N4O3/c29-23(28-13-11-20-4-1-2-5-21(20)16-28)6-3-12-25-24(30)27-15-19-9-10-22(26-14-19)31-17-18-7-8-18/h1-2,4-5,9-10,14,18H,3,6-8,11-13,15-17H2,(H2,25,27,30). The molecule has 31 heavy (non-hydrogen) atoms. The van der Waals surface area contributed by atoms with Crippen molar-refractivity contribution in [1.82, 2.24) is 20.5 Å². The van der Waals surface area contributed by atoms with E-state index < -0.39 is 0 Å². The van der Waals surface area contributed by atoms with Gasteiger partial charge in [-0.05, 0) is 48.3 Å². The zero-order chi connectivity index (χ0) is 21.5. The highest BCUT2D eigenvalue weighted by Gasteiger charge is 2.22. The van der Waals surface area contributed by atoms with Crippen LogP contribution in [0.15, 0.2) is 42.6 Å². The maximum atomic E-state index is 12.5. The number of benzene rings is 1. The fraction of sp³-hybridized carbons (Fsp3) is 0.458. The van der Waals surface area contributed by atoms with Crippen molar-refractivity contribution in [3.63, 3.8) is 0 Å². The van der Waals surface area contributed by atoms with Gasteiger partial charge in [0.1, 0.15) is 0 Å². The van der Waals surface area contributed by atoms with Gasteiger partial charge in [-0.25, -0.2) is 9.78 Å². The third kappa shape index (κ3) is 6.44. The number of carbonyl (C=O) groups excluding carboxylic acids is 2. The lowest BCUT2D eigenvalue weighted by atomic mass is 9.99. The van der Waals surface area contributed by atoms with Crippen LogP contribution < -0.4 is 15.4 Å². The highest BCUT2D eigenvalue weighted by Crippen LogP contribution is 2.29. The van der Waals surface area contributed by atoms with Crippen LogP contribution in [0.3, 0.4) is 0 Å². The summed E-state index contributed by atoms with van der Waals surface area (Å²) in [6.07, 6.45) is 6.19. The maximum Gasteiger partial charge on any atom is 0.315 e. The quantitative estimate of drug-likeness (QED) is 0.609. The van der Waals surface area contributed by atoms with Crippen LogP contribution in [0.25, 0.3) is 0 Å². The van der Waals surface area contributed by atoms with Crippen molar-refractivity contribution < 1.29 is 14.3 Å². The lowest BCUT2D eigenvalue weighted by Crippen LogP contribution is -2.37. The first-order chi connectivity index (χ1) is 15.2. The number of rotatable bonds is 9. The average Bonchev–Trinajstić information content (AvgIpc) is 3.64. The molecule has 1 fully saturated rings. The van der Waals surface area contributed by atoms with Gasteiger partial charge in [0.15, 0.2) is 0 Å². The Morgan fingerprint density at radius 3 is 2.71 bits per heavy atom. The predicted octanol–water partition coefficient (Wildman–Crippen LogP) is 3.03. The van der Waals surface area contributed by atoms with E-state index in [0.29, 0.717) is 44.3 Å². The highest BCUT2D eigenvalue weighted by atomic mass is 16.5. The molecule has 1 aromatic heterocycles. The van der Waals surface area contributed by atoms with Gasteiger partial charge in [0.25, 0.3) is 0 Å². The van der Waals surface area contributed by atoms with Crippen molar-refractivity contribution >= 4 is 11.9 Å². The Bertz CT molecular complexity index is 896. The van der Waals surface area contributed by atoms with Crippen molar-refractivity contribution in [1.29, 1.82) is 0 Å². The van der Waals surface area contributed by atoms with E-state index >= 15 is 0 Å². The molecule has 0 bridgehead atoms. The van der Waals surface area contributed by atoms with Crippen LogP contribution in [0.4, 0.5) is 4.79 Å². The van der Waals surface area contributed by atoms with Gasteiger partial charge in [0, 0.05) is 44.9 Å². The second-order valence-corrected chi connectivity index (χ2v) is 8.31. The molecule has 0 saturated heterocycles. The Morgan fingerprint density at radius 1 is 1.10 bits per heavy atom. The van der Waals surface area contributed by atoms with E-state index in [1.54, 1.807) is 6.20 Å². The molecule has 2 N–H and O–H groups in total. The van der Waals surface area contributed by atoms with Gasteiger partial charge in [0.05, 0.1) is 6.61 Å². The Labute approximate surface area is 183 Å². The molecule has 2 aliphatic rings. The number of carbonyl (C=O) groups is 2. The first-order valence-electron chi connectivity index (χ1n) is 11.1. The van der Waals surface area contributed by atoms with Crippen LogP contribution in [0, 0.1) is 5.92 Å². The summed E-state index contributed by atoms with van der Waals surface area (Å²) in [7, 11) is 0. The van der Waals surface area contributed by atoms with Gasteiger partial charge in [-0.2, -0.15) is 0 Å². The molecular formula is C24H30N4O3. The summed E-state index contributed by atoms with van der Waals surface area (Å²) in [6.45, 7) is 3.05. The second kappa shape index (κ2) is 10.3. The van der Waals surface area contributed by atoms with Crippen molar-refractivity contribution in [2.24, 2.45) is 5.92 Å². The third-order valence-electron chi connectivity index (χ3n) is 5.75. The number of amides is 3. The Hall–Kier alpha value is -3.09. The third-order valence-corrected chi connectivity index (χ3v) is 5.75. The van der Waals surface area contributed by atoms with E-state index in [4.69, 9.17) is 4.74 Å². The number of pyridine rings is 1. The molecular weight excluding hydrogens is 392 g/mol. The fourth-order valence-electron chi connectivity index (χ4n) is 3.64. The van der Waals surface area contributed by atoms with Gasteiger partial charge < -0.3 is 20.3 Å². The molecule has 1 saturated carbocycles. The number of nitrogens with zero attached hydrogens (tertiary/aromatic N) is 2. The highest BCUT2D eigenvalue weighted by molar-refractivity contribution is 5.77. The molecule has 1 aromatic carbocycles. The summed E-state index contributed by atoms with van der Waals surface area (Å²) >= 11 is 0. The summed E-state index contributed by atoms with van der Waals surface area (Å²) in [5.41, 5.74) is 3.48. The molecule has 7 heteroatoms. The topological polar surface area (TPSA) is 83.6 Å². The van der Waals surface area contributed by atoms with Gasteiger partial charge in [0.2, 0.25) is 11.8 Å². The first-order valence-corrected chi connectivity index (χ1v) is 11.1. The number of aromatic nitrogens is 1. The van der Waals surface area contributed by atoms with E-state index in [1.807, 2.05) is 29.2 Å². The molecule has 1 aliphatic heterocycles. The van der Waals surface area contributed by atoms with Crippen LogP contribution in [0.5, 0.6) is 5.88 Å². The monoisotopic (exact) mass is 422 g/mol. The minimum atomic E-state index is -0.242. The molecule has 0 atom stereocenters. The molecule has 2 heterocycles. The SMILES string of the molecule is O=C(NCCCC(=O)N1CCc2ccccc2C1)NCc1ccc(OCC2CC2)nc1. The van der Waals surface area contributed by atoms with Crippen LogP contribution in [-0.4, -0.2) is 41.5 Å². The molecule has 0 radical (unpaired) electrons. The summed E-state index contributed by atoms with van der Waals surface area (Å²) < 4.78 is 5.61. The molecule has 7 nitrogen and oxygen atoms in total. The molecule has 1 aliphatic carbocycles. The first kappa shape index (κ1) is 21.2. The number of nitrogens with one attached hydrogen (secondary N) is 2.